The van der Waals surface area contributed by atoms with Crippen molar-refractivity contribution in [3.05, 3.63) is 35.4 Å². The maximum Gasteiger partial charge on any atom is 0.0268 e. The summed E-state index contributed by atoms with van der Waals surface area (Å²) >= 11 is 0. The lowest BCUT2D eigenvalue weighted by molar-refractivity contribution is 0.765. The lowest BCUT2D eigenvalue weighted by atomic mass is 9.94. The first-order chi connectivity index (χ1) is 5.63. The minimum Gasteiger partial charge on any atom is -0.324 e. The van der Waals surface area contributed by atoms with E-state index in [1.165, 1.54) is 11.1 Å². The highest BCUT2D eigenvalue weighted by Crippen LogP contribution is 2.22. The van der Waals surface area contributed by atoms with Gasteiger partial charge in [0.1, 0.15) is 0 Å². The normalized spacial score (nSPS) is 13.4. The maximum atomic E-state index is 5.85. The minimum atomic E-state index is 0.142. The van der Waals surface area contributed by atoms with Gasteiger partial charge in [0.05, 0.1) is 0 Å². The summed E-state index contributed by atoms with van der Waals surface area (Å²) in [5, 5.41) is 0. The van der Waals surface area contributed by atoms with Crippen LogP contribution in [0.2, 0.25) is 0 Å². The van der Waals surface area contributed by atoms with Gasteiger partial charge in [-0.2, -0.15) is 0 Å². The van der Waals surface area contributed by atoms with Gasteiger partial charge in [-0.3, -0.25) is 0 Å². The molecule has 1 aromatic carbocycles. The largest absolute Gasteiger partial charge is 0.324 e. The van der Waals surface area contributed by atoms with Gasteiger partial charge in [-0.1, -0.05) is 38.1 Å². The van der Waals surface area contributed by atoms with E-state index in [-0.39, 0.29) is 6.04 Å². The van der Waals surface area contributed by atoms with E-state index in [1.54, 1.807) is 0 Å². The van der Waals surface area contributed by atoms with Crippen LogP contribution in [0.25, 0.3) is 0 Å². The summed E-state index contributed by atoms with van der Waals surface area (Å²) in [7, 11) is 0. The van der Waals surface area contributed by atoms with E-state index in [4.69, 9.17) is 5.73 Å². The van der Waals surface area contributed by atoms with Crippen LogP contribution in [0.15, 0.2) is 24.3 Å². The van der Waals surface area contributed by atoms with Crippen LogP contribution in [0, 0.1) is 0 Å². The van der Waals surface area contributed by atoms with Crippen molar-refractivity contribution in [3.8, 4) is 0 Å². The predicted octanol–water partition coefficient (Wildman–Crippen LogP) is 2.83. The molecule has 0 spiro atoms. The van der Waals surface area contributed by atoms with Crippen molar-refractivity contribution < 1.29 is 0 Å². The highest BCUT2D eigenvalue weighted by molar-refractivity contribution is 5.31. The first kappa shape index (κ1) is 9.27. The smallest absolute Gasteiger partial charge is 0.0268 e. The molecule has 0 radical (unpaired) electrons. The van der Waals surface area contributed by atoms with Gasteiger partial charge in [-0.05, 0) is 24.0 Å². The lowest BCUT2D eigenvalue weighted by Crippen LogP contribution is -2.08. The van der Waals surface area contributed by atoms with Crippen molar-refractivity contribution in [3.63, 3.8) is 0 Å². The van der Waals surface area contributed by atoms with Gasteiger partial charge >= 0.3 is 0 Å². The Labute approximate surface area is 74.6 Å². The third-order valence-corrected chi connectivity index (χ3v) is 2.11. The molecule has 66 valence electrons. The van der Waals surface area contributed by atoms with Crippen molar-refractivity contribution in [1.82, 2.24) is 0 Å². The van der Waals surface area contributed by atoms with Crippen molar-refractivity contribution in [1.29, 1.82) is 0 Å². The average Bonchev–Trinajstić information content (AvgIpc) is 2.04. The Kier molecular flexibility index (Phi) is 2.88. The van der Waals surface area contributed by atoms with Crippen molar-refractivity contribution >= 4 is 0 Å². The zero-order chi connectivity index (χ0) is 9.14. The number of nitrogens with two attached hydrogens (primary N) is 1. The maximum absolute atomic E-state index is 5.85. The van der Waals surface area contributed by atoms with Crippen LogP contribution in [-0.2, 0) is 0 Å². The number of benzene rings is 1. The summed E-state index contributed by atoms with van der Waals surface area (Å²) in [6, 6.07) is 8.53. The molecule has 1 aromatic rings. The van der Waals surface area contributed by atoms with Gasteiger partial charge in [0, 0.05) is 6.04 Å². The average molecular weight is 163 g/mol. The zero-order valence-electron chi connectivity index (χ0n) is 8.04. The minimum absolute atomic E-state index is 0.142. The van der Waals surface area contributed by atoms with Crippen LogP contribution >= 0.6 is 0 Å². The van der Waals surface area contributed by atoms with Gasteiger partial charge in [-0.15, -0.1) is 0 Å². The molecule has 0 saturated heterocycles. The Balaban J connectivity index is 3.09. The molecule has 0 saturated carbocycles. The van der Waals surface area contributed by atoms with E-state index >= 15 is 0 Å². The molecule has 1 heteroatoms. The Bertz CT molecular complexity index is 224. The van der Waals surface area contributed by atoms with Crippen LogP contribution in [0.5, 0.6) is 0 Å². The summed E-state index contributed by atoms with van der Waals surface area (Å²) in [5.41, 5.74) is 8.49. The molecule has 12 heavy (non-hydrogen) atoms. The SMILES string of the molecule is CC(C)c1ccccc1C(C)N. The van der Waals surface area contributed by atoms with Crippen LogP contribution in [0.3, 0.4) is 0 Å². The third-order valence-electron chi connectivity index (χ3n) is 2.11. The van der Waals surface area contributed by atoms with E-state index in [0.29, 0.717) is 5.92 Å². The molecule has 1 nitrogen and oxygen atoms in total. The first-order valence-corrected chi connectivity index (χ1v) is 4.47. The van der Waals surface area contributed by atoms with Gasteiger partial charge in [0.15, 0.2) is 0 Å². The zero-order valence-corrected chi connectivity index (χ0v) is 8.04. The molecular formula is C11H17N. The molecule has 0 bridgehead atoms. The lowest BCUT2D eigenvalue weighted by Gasteiger charge is -2.14. The summed E-state index contributed by atoms with van der Waals surface area (Å²) < 4.78 is 0. The first-order valence-electron chi connectivity index (χ1n) is 4.47. The highest BCUT2D eigenvalue weighted by atomic mass is 14.6. The molecule has 2 N–H and O–H groups in total. The third kappa shape index (κ3) is 1.86. The van der Waals surface area contributed by atoms with Crippen molar-refractivity contribution in [2.45, 2.75) is 32.7 Å². The van der Waals surface area contributed by atoms with Gasteiger partial charge in [0.2, 0.25) is 0 Å². The van der Waals surface area contributed by atoms with E-state index in [0.717, 1.165) is 0 Å². The van der Waals surface area contributed by atoms with E-state index in [2.05, 4.69) is 32.0 Å². The van der Waals surface area contributed by atoms with E-state index < -0.39 is 0 Å². The molecule has 0 aliphatic heterocycles. The van der Waals surface area contributed by atoms with Crippen LogP contribution in [-0.4, -0.2) is 0 Å². The summed E-state index contributed by atoms with van der Waals surface area (Å²) in [6.45, 7) is 6.42. The highest BCUT2D eigenvalue weighted by Gasteiger charge is 2.07. The molecule has 0 heterocycles. The molecule has 0 amide bonds. The van der Waals surface area contributed by atoms with Crippen LogP contribution in [0.1, 0.15) is 43.9 Å². The molecule has 0 aliphatic carbocycles. The van der Waals surface area contributed by atoms with Crippen LogP contribution < -0.4 is 5.73 Å². The summed E-state index contributed by atoms with van der Waals surface area (Å²) in [4.78, 5) is 0. The fraction of sp³-hybridized carbons (Fsp3) is 0.455. The second kappa shape index (κ2) is 3.72. The molecule has 1 unspecified atom stereocenters. The second-order valence-corrected chi connectivity index (χ2v) is 3.57. The number of hydrogen-bond donors (Lipinski definition) is 1. The number of rotatable bonds is 2. The fourth-order valence-electron chi connectivity index (χ4n) is 1.45. The quantitative estimate of drug-likeness (QED) is 0.712. The molecule has 1 rings (SSSR count). The molecular weight excluding hydrogens is 146 g/mol. The summed E-state index contributed by atoms with van der Waals surface area (Å²) in [5.74, 6) is 0.562. The number of hydrogen-bond acceptors (Lipinski definition) is 1. The van der Waals surface area contributed by atoms with E-state index in [9.17, 15) is 0 Å². The molecule has 0 fully saturated rings. The topological polar surface area (TPSA) is 26.0 Å². The van der Waals surface area contributed by atoms with E-state index in [1.807, 2.05) is 13.0 Å². The molecule has 1 atom stereocenters. The standard InChI is InChI=1S/C11H17N/c1-8(2)10-6-4-5-7-11(10)9(3)12/h4-9H,12H2,1-3H3. The Morgan fingerprint density at radius 3 is 1.83 bits per heavy atom. The molecule has 0 aromatic heterocycles. The van der Waals surface area contributed by atoms with Crippen molar-refractivity contribution in [2.24, 2.45) is 5.73 Å². The second-order valence-electron chi connectivity index (χ2n) is 3.57. The molecule has 0 aliphatic rings. The van der Waals surface area contributed by atoms with Gasteiger partial charge in [-0.25, -0.2) is 0 Å². The van der Waals surface area contributed by atoms with Crippen LogP contribution in [0.4, 0.5) is 0 Å². The fourth-order valence-corrected chi connectivity index (χ4v) is 1.45. The van der Waals surface area contributed by atoms with Crippen molar-refractivity contribution in [2.75, 3.05) is 0 Å². The van der Waals surface area contributed by atoms with Gasteiger partial charge < -0.3 is 5.73 Å². The Morgan fingerprint density at radius 2 is 1.50 bits per heavy atom. The Hall–Kier alpha value is -0.820. The summed E-state index contributed by atoms with van der Waals surface area (Å²) in [6.07, 6.45) is 0. The van der Waals surface area contributed by atoms with Gasteiger partial charge in [0.25, 0.3) is 0 Å². The monoisotopic (exact) mass is 163 g/mol. The predicted molar refractivity (Wildman–Crippen MR) is 53.1 cm³/mol. The Morgan fingerprint density at radius 1 is 1.00 bits per heavy atom.